The Morgan fingerprint density at radius 3 is 2.94 bits per heavy atom. The van der Waals surface area contributed by atoms with Gasteiger partial charge in [0.15, 0.2) is 0 Å². The molecule has 2 fully saturated rings. The summed E-state index contributed by atoms with van der Waals surface area (Å²) in [5, 5.41) is 7.03. The van der Waals surface area contributed by atoms with Crippen molar-refractivity contribution in [1.82, 2.24) is 29.6 Å². The molecule has 2 N–H and O–H groups in total. The molecule has 0 unspecified atom stereocenters. The van der Waals surface area contributed by atoms with Crippen molar-refractivity contribution in [3.05, 3.63) is 65.6 Å². The van der Waals surface area contributed by atoms with Gasteiger partial charge in [0.25, 0.3) is 5.91 Å². The Kier molecular flexibility index (Phi) is 5.08. The van der Waals surface area contributed by atoms with Crippen molar-refractivity contribution in [2.45, 2.75) is 18.5 Å². The Bertz CT molecular complexity index is 1410. The van der Waals surface area contributed by atoms with Gasteiger partial charge in [-0.05, 0) is 36.8 Å². The number of pyridine rings is 1. The number of carbonyl (C=O) groups is 1. The van der Waals surface area contributed by atoms with Crippen LogP contribution in [0.15, 0.2) is 55.0 Å². The molecule has 5 heterocycles. The van der Waals surface area contributed by atoms with Crippen LogP contribution in [0, 0.1) is 0 Å². The minimum atomic E-state index is 0.0245. The third-order valence-electron chi connectivity index (χ3n) is 6.42. The van der Waals surface area contributed by atoms with E-state index >= 15 is 0 Å². The fraction of sp³-hybridized carbons (Fsp3) is 0.250. The minimum absolute atomic E-state index is 0.0245. The lowest BCUT2D eigenvalue weighted by Crippen LogP contribution is -2.46. The smallest absolute Gasteiger partial charge is 0.254 e. The van der Waals surface area contributed by atoms with E-state index in [-0.39, 0.29) is 11.9 Å². The summed E-state index contributed by atoms with van der Waals surface area (Å²) >= 11 is 6.43. The van der Waals surface area contributed by atoms with Gasteiger partial charge < -0.3 is 20.3 Å². The number of rotatable bonds is 5. The summed E-state index contributed by atoms with van der Waals surface area (Å²) in [7, 11) is 1.57. The van der Waals surface area contributed by atoms with E-state index in [0.29, 0.717) is 39.7 Å². The maximum Gasteiger partial charge on any atom is 0.254 e. The van der Waals surface area contributed by atoms with Crippen molar-refractivity contribution in [2.75, 3.05) is 25.5 Å². The highest BCUT2D eigenvalue weighted by molar-refractivity contribution is 6.32. The Balaban J connectivity index is 1.28. The van der Waals surface area contributed by atoms with Crippen LogP contribution in [0.3, 0.4) is 0 Å². The number of nitrogens with zero attached hydrogens (tertiary/aromatic N) is 5. The van der Waals surface area contributed by atoms with E-state index < -0.39 is 0 Å². The minimum Gasteiger partial charge on any atom is -0.495 e. The van der Waals surface area contributed by atoms with Crippen LogP contribution in [0.4, 0.5) is 11.6 Å². The molecule has 2 atom stereocenters. The third kappa shape index (κ3) is 3.53. The number of carbonyl (C=O) groups excluding carboxylic acids is 1. The Labute approximate surface area is 200 Å². The fourth-order valence-corrected chi connectivity index (χ4v) is 4.93. The van der Waals surface area contributed by atoms with Crippen molar-refractivity contribution in [2.24, 2.45) is 0 Å². The van der Waals surface area contributed by atoms with Crippen LogP contribution in [0.2, 0.25) is 5.02 Å². The Morgan fingerprint density at radius 1 is 1.24 bits per heavy atom. The monoisotopic (exact) mass is 475 g/mol. The second kappa shape index (κ2) is 8.27. The van der Waals surface area contributed by atoms with Crippen LogP contribution in [-0.2, 0) is 0 Å². The van der Waals surface area contributed by atoms with Gasteiger partial charge in [0, 0.05) is 36.9 Å². The number of nitrogens with one attached hydrogen (secondary N) is 2. The molecule has 0 saturated carbocycles. The molecule has 2 aliphatic rings. The molecule has 172 valence electrons. The zero-order valence-electron chi connectivity index (χ0n) is 18.4. The van der Waals surface area contributed by atoms with Crippen LogP contribution < -0.4 is 15.4 Å². The summed E-state index contributed by atoms with van der Waals surface area (Å²) in [5.41, 5.74) is 3.36. The number of piperazine rings is 1. The maximum atomic E-state index is 13.1. The molecule has 0 radical (unpaired) electrons. The normalized spacial score (nSPS) is 19.1. The summed E-state index contributed by atoms with van der Waals surface area (Å²) < 4.78 is 7.49. The van der Waals surface area contributed by atoms with Crippen LogP contribution in [0.1, 0.15) is 16.8 Å². The van der Waals surface area contributed by atoms with Gasteiger partial charge in [0.2, 0.25) is 5.95 Å². The predicted octanol–water partition coefficient (Wildman–Crippen LogP) is 3.38. The molecule has 1 amide bonds. The van der Waals surface area contributed by atoms with Crippen molar-refractivity contribution in [1.29, 1.82) is 0 Å². The van der Waals surface area contributed by atoms with Gasteiger partial charge >= 0.3 is 0 Å². The van der Waals surface area contributed by atoms with Gasteiger partial charge in [-0.1, -0.05) is 17.7 Å². The lowest BCUT2D eigenvalue weighted by Gasteiger charge is -2.27. The molecule has 2 saturated heterocycles. The Morgan fingerprint density at radius 2 is 2.15 bits per heavy atom. The van der Waals surface area contributed by atoms with E-state index in [2.05, 4.69) is 25.6 Å². The lowest BCUT2D eigenvalue weighted by atomic mass is 10.1. The number of likely N-dealkylation sites (tertiary alicyclic amines) is 1. The molecule has 10 heteroatoms. The number of hydrogen-bond acceptors (Lipinski definition) is 7. The molecule has 4 aromatic rings. The summed E-state index contributed by atoms with van der Waals surface area (Å²) in [6, 6.07) is 11.8. The molecule has 9 nitrogen and oxygen atoms in total. The molecular formula is C24H22ClN7O2. The number of hydrogen-bond donors (Lipinski definition) is 2. The maximum absolute atomic E-state index is 13.1. The van der Waals surface area contributed by atoms with Gasteiger partial charge in [0.05, 0.1) is 35.9 Å². The standard InChI is InChI=1S/C24H22ClN7O2/c1-34-20-8-14(23(33)32-13-15-9-16(32)10-26-15)5-6-18(20)29-24-28-11-17(25)22(30-24)19-12-27-21-4-2-3-7-31(19)21/h2-8,11-12,15-16,26H,9-10,13H2,1H3,(H,28,29,30)/t15-,16-/m1/s1. The highest BCUT2D eigenvalue weighted by Crippen LogP contribution is 2.32. The van der Waals surface area contributed by atoms with Crippen molar-refractivity contribution in [3.8, 4) is 17.1 Å². The van der Waals surface area contributed by atoms with Crippen LogP contribution in [-0.4, -0.2) is 62.4 Å². The van der Waals surface area contributed by atoms with Crippen LogP contribution >= 0.6 is 11.6 Å². The molecule has 0 spiro atoms. The quantitative estimate of drug-likeness (QED) is 0.456. The third-order valence-corrected chi connectivity index (χ3v) is 6.69. The SMILES string of the molecule is COc1cc(C(=O)N2C[C@H]3C[C@@H]2CN3)ccc1Nc1ncc(Cl)c(-c2cnc3ccccn23)n1. The number of anilines is 2. The number of fused-ring (bicyclic) bond motifs is 3. The zero-order valence-corrected chi connectivity index (χ0v) is 19.2. The second-order valence-electron chi connectivity index (χ2n) is 8.45. The summed E-state index contributed by atoms with van der Waals surface area (Å²) in [5.74, 6) is 0.908. The topological polar surface area (TPSA) is 96.7 Å². The lowest BCUT2D eigenvalue weighted by molar-refractivity contribution is 0.0715. The number of imidazole rings is 1. The molecule has 6 rings (SSSR count). The van der Waals surface area contributed by atoms with Crippen LogP contribution in [0.25, 0.3) is 17.0 Å². The molecule has 34 heavy (non-hydrogen) atoms. The van der Waals surface area contributed by atoms with E-state index in [4.69, 9.17) is 16.3 Å². The van der Waals surface area contributed by atoms with E-state index in [1.165, 1.54) is 0 Å². The fourth-order valence-electron chi connectivity index (χ4n) is 4.74. The largest absolute Gasteiger partial charge is 0.495 e. The number of amides is 1. The molecule has 1 aromatic carbocycles. The number of benzene rings is 1. The summed E-state index contributed by atoms with van der Waals surface area (Å²) in [4.78, 5) is 28.4. The first-order valence-corrected chi connectivity index (χ1v) is 11.4. The van der Waals surface area contributed by atoms with E-state index in [1.807, 2.05) is 39.8 Å². The van der Waals surface area contributed by atoms with Crippen molar-refractivity contribution in [3.63, 3.8) is 0 Å². The highest BCUT2D eigenvalue weighted by Gasteiger charge is 2.40. The zero-order chi connectivity index (χ0) is 23.2. The van der Waals surface area contributed by atoms with Crippen LogP contribution in [0.5, 0.6) is 5.75 Å². The first-order chi connectivity index (χ1) is 16.6. The number of aromatic nitrogens is 4. The molecule has 3 aromatic heterocycles. The molecule has 2 aliphatic heterocycles. The number of ether oxygens (including phenoxy) is 1. The van der Waals surface area contributed by atoms with E-state index in [1.54, 1.807) is 31.6 Å². The van der Waals surface area contributed by atoms with Gasteiger partial charge in [-0.25, -0.2) is 15.0 Å². The molecule has 0 aliphatic carbocycles. The first-order valence-electron chi connectivity index (χ1n) is 11.0. The highest BCUT2D eigenvalue weighted by atomic mass is 35.5. The molecule has 2 bridgehead atoms. The Hall–Kier alpha value is -3.69. The average Bonchev–Trinajstić information content (AvgIpc) is 3.61. The average molecular weight is 476 g/mol. The number of methoxy groups -OCH3 is 1. The van der Waals surface area contributed by atoms with Gasteiger partial charge in [0.1, 0.15) is 17.1 Å². The van der Waals surface area contributed by atoms with E-state index in [0.717, 1.165) is 30.9 Å². The van der Waals surface area contributed by atoms with Crippen molar-refractivity contribution < 1.29 is 9.53 Å². The second-order valence-corrected chi connectivity index (χ2v) is 8.86. The van der Waals surface area contributed by atoms with Gasteiger partial charge in [-0.3, -0.25) is 9.20 Å². The van der Waals surface area contributed by atoms with Gasteiger partial charge in [-0.2, -0.15) is 0 Å². The summed E-state index contributed by atoms with van der Waals surface area (Å²) in [6.07, 6.45) is 6.21. The summed E-state index contributed by atoms with van der Waals surface area (Å²) in [6.45, 7) is 1.60. The van der Waals surface area contributed by atoms with E-state index in [9.17, 15) is 4.79 Å². The van der Waals surface area contributed by atoms with Crippen molar-refractivity contribution >= 4 is 34.8 Å². The first kappa shape index (κ1) is 20.9. The van der Waals surface area contributed by atoms with Gasteiger partial charge in [-0.15, -0.1) is 0 Å². The molecular weight excluding hydrogens is 454 g/mol. The predicted molar refractivity (Wildman–Crippen MR) is 129 cm³/mol. The number of halogens is 1.